The molecular formula is C13H17N3O4. The van der Waals surface area contributed by atoms with Gasteiger partial charge in [-0.25, -0.2) is 0 Å². The molecule has 2 N–H and O–H groups in total. The zero-order chi connectivity index (χ0) is 15.0. The summed E-state index contributed by atoms with van der Waals surface area (Å²) in [5.41, 5.74) is 5.00. The fourth-order valence-electron chi connectivity index (χ4n) is 1.41. The molecule has 0 fully saturated rings. The highest BCUT2D eigenvalue weighted by Crippen LogP contribution is 1.96. The number of nitrogens with one attached hydrogen (secondary N) is 2. The lowest BCUT2D eigenvalue weighted by molar-refractivity contribution is -0.141. The molecule has 7 heteroatoms. The molecule has 0 heterocycles. The van der Waals surface area contributed by atoms with Gasteiger partial charge in [0.2, 0.25) is 0 Å². The summed E-state index contributed by atoms with van der Waals surface area (Å²) in [6.07, 6.45) is 0. The predicted octanol–water partition coefficient (Wildman–Crippen LogP) is -0.448. The monoisotopic (exact) mass is 279 g/mol. The van der Waals surface area contributed by atoms with Crippen LogP contribution in [0.5, 0.6) is 0 Å². The quantitative estimate of drug-likeness (QED) is 0.563. The van der Waals surface area contributed by atoms with Gasteiger partial charge in [-0.2, -0.15) is 0 Å². The molecule has 1 aromatic rings. The summed E-state index contributed by atoms with van der Waals surface area (Å²) in [5.74, 6) is -1.27. The second-order valence-electron chi connectivity index (χ2n) is 4.12. The van der Waals surface area contributed by atoms with E-state index in [0.29, 0.717) is 5.56 Å². The first kappa shape index (κ1) is 15.6. The molecule has 108 valence electrons. The molecular weight excluding hydrogens is 262 g/mol. The Morgan fingerprint density at radius 1 is 1.10 bits per heavy atom. The maximum absolute atomic E-state index is 11.6. The minimum absolute atomic E-state index is 0.00342. The lowest BCUT2D eigenvalue weighted by atomic mass is 10.2. The van der Waals surface area contributed by atoms with E-state index in [2.05, 4.69) is 15.6 Å². The van der Waals surface area contributed by atoms with E-state index in [9.17, 15) is 14.4 Å². The van der Waals surface area contributed by atoms with Gasteiger partial charge < -0.3 is 4.74 Å². The van der Waals surface area contributed by atoms with Crippen LogP contribution in [-0.2, 0) is 14.3 Å². The normalized spacial score (nSPS) is 9.95. The van der Waals surface area contributed by atoms with Gasteiger partial charge in [0, 0.05) is 5.56 Å². The third-order valence-electron chi connectivity index (χ3n) is 2.39. The highest BCUT2D eigenvalue weighted by molar-refractivity contribution is 5.95. The average molecular weight is 279 g/mol. The van der Waals surface area contributed by atoms with E-state index in [1.165, 1.54) is 12.0 Å². The standard InChI is InChI=1S/C13H17N3O4/c1-16(9-12(18)20-2)8-11(17)14-15-13(19)10-6-4-3-5-7-10/h3-7H,8-9H2,1-2H3,(H,14,17)(H,15,19). The van der Waals surface area contributed by atoms with Crippen molar-refractivity contribution >= 4 is 17.8 Å². The Kier molecular flexibility index (Phi) is 6.18. The van der Waals surface area contributed by atoms with Crippen molar-refractivity contribution in [3.05, 3.63) is 35.9 Å². The Bertz CT molecular complexity index is 476. The van der Waals surface area contributed by atoms with Crippen molar-refractivity contribution in [3.8, 4) is 0 Å². The molecule has 2 amide bonds. The van der Waals surface area contributed by atoms with Gasteiger partial charge in [-0.15, -0.1) is 0 Å². The van der Waals surface area contributed by atoms with Crippen molar-refractivity contribution in [1.29, 1.82) is 0 Å². The summed E-state index contributed by atoms with van der Waals surface area (Å²) in [4.78, 5) is 35.6. The van der Waals surface area contributed by atoms with Crippen LogP contribution in [-0.4, -0.2) is 49.9 Å². The Labute approximate surface area is 116 Å². The first-order chi connectivity index (χ1) is 9.52. The fraction of sp³-hybridized carbons (Fsp3) is 0.308. The third-order valence-corrected chi connectivity index (χ3v) is 2.39. The highest BCUT2D eigenvalue weighted by Gasteiger charge is 2.11. The van der Waals surface area contributed by atoms with Crippen LogP contribution in [0.3, 0.4) is 0 Å². The van der Waals surface area contributed by atoms with Gasteiger partial charge in [-0.3, -0.25) is 30.1 Å². The number of benzene rings is 1. The maximum Gasteiger partial charge on any atom is 0.319 e. The first-order valence-corrected chi connectivity index (χ1v) is 5.92. The third kappa shape index (κ3) is 5.49. The van der Waals surface area contributed by atoms with E-state index in [1.807, 2.05) is 0 Å². The van der Waals surface area contributed by atoms with Crippen LogP contribution in [0.1, 0.15) is 10.4 Å². The minimum atomic E-state index is -0.436. The minimum Gasteiger partial charge on any atom is -0.468 e. The summed E-state index contributed by atoms with van der Waals surface area (Å²) >= 11 is 0. The molecule has 0 saturated heterocycles. The SMILES string of the molecule is COC(=O)CN(C)CC(=O)NNC(=O)c1ccccc1. The molecule has 0 aromatic heterocycles. The molecule has 1 rings (SSSR count). The number of hydrazine groups is 1. The number of amides is 2. The number of ether oxygens (including phenoxy) is 1. The van der Waals surface area contributed by atoms with Crippen molar-refractivity contribution in [3.63, 3.8) is 0 Å². The van der Waals surface area contributed by atoms with E-state index in [1.54, 1.807) is 37.4 Å². The van der Waals surface area contributed by atoms with Crippen molar-refractivity contribution < 1.29 is 19.1 Å². The first-order valence-electron chi connectivity index (χ1n) is 5.92. The van der Waals surface area contributed by atoms with Gasteiger partial charge in [-0.05, 0) is 19.2 Å². The Balaban J connectivity index is 2.33. The van der Waals surface area contributed by atoms with Crippen LogP contribution in [0.2, 0.25) is 0 Å². The maximum atomic E-state index is 11.6. The van der Waals surface area contributed by atoms with Crippen LogP contribution in [0.4, 0.5) is 0 Å². The zero-order valence-corrected chi connectivity index (χ0v) is 11.4. The number of methoxy groups -OCH3 is 1. The summed E-state index contributed by atoms with van der Waals surface area (Å²) in [6.45, 7) is -0.0410. The molecule has 7 nitrogen and oxygen atoms in total. The predicted molar refractivity (Wildman–Crippen MR) is 71.6 cm³/mol. The molecule has 0 aliphatic carbocycles. The summed E-state index contributed by atoms with van der Waals surface area (Å²) in [5, 5.41) is 0. The summed E-state index contributed by atoms with van der Waals surface area (Å²) in [6, 6.07) is 8.49. The number of rotatable bonds is 5. The van der Waals surface area contributed by atoms with Crippen molar-refractivity contribution in [2.24, 2.45) is 0 Å². The van der Waals surface area contributed by atoms with Gasteiger partial charge in [-0.1, -0.05) is 18.2 Å². The van der Waals surface area contributed by atoms with Crippen molar-refractivity contribution in [2.45, 2.75) is 0 Å². The van der Waals surface area contributed by atoms with Gasteiger partial charge in [0.25, 0.3) is 11.8 Å². The largest absolute Gasteiger partial charge is 0.468 e. The zero-order valence-electron chi connectivity index (χ0n) is 11.4. The van der Waals surface area contributed by atoms with E-state index in [0.717, 1.165) is 0 Å². The Hall–Kier alpha value is -2.41. The summed E-state index contributed by atoms with van der Waals surface area (Å²) < 4.78 is 4.48. The van der Waals surface area contributed by atoms with E-state index in [-0.39, 0.29) is 13.1 Å². The Morgan fingerprint density at radius 3 is 2.35 bits per heavy atom. The van der Waals surface area contributed by atoms with E-state index in [4.69, 9.17) is 0 Å². The van der Waals surface area contributed by atoms with E-state index >= 15 is 0 Å². The van der Waals surface area contributed by atoms with Crippen molar-refractivity contribution in [2.75, 3.05) is 27.2 Å². The number of hydrogen-bond acceptors (Lipinski definition) is 5. The molecule has 0 atom stereocenters. The molecule has 1 aromatic carbocycles. The number of esters is 1. The molecule has 0 aliphatic rings. The second kappa shape index (κ2) is 7.90. The molecule has 0 unspecified atom stereocenters. The van der Waals surface area contributed by atoms with Gasteiger partial charge >= 0.3 is 5.97 Å². The Morgan fingerprint density at radius 2 is 1.75 bits per heavy atom. The van der Waals surface area contributed by atoms with Gasteiger partial charge in [0.15, 0.2) is 0 Å². The lowest BCUT2D eigenvalue weighted by Gasteiger charge is -2.14. The van der Waals surface area contributed by atoms with E-state index < -0.39 is 17.8 Å². The topological polar surface area (TPSA) is 87.7 Å². The van der Waals surface area contributed by atoms with Crippen LogP contribution in [0.15, 0.2) is 30.3 Å². The van der Waals surface area contributed by atoms with Crippen LogP contribution < -0.4 is 10.9 Å². The van der Waals surface area contributed by atoms with Gasteiger partial charge in [0.1, 0.15) is 0 Å². The highest BCUT2D eigenvalue weighted by atomic mass is 16.5. The number of likely N-dealkylation sites (N-methyl/N-ethyl adjacent to an activating group) is 1. The molecule has 0 spiro atoms. The number of carbonyl (C=O) groups is 3. The smallest absolute Gasteiger partial charge is 0.319 e. The van der Waals surface area contributed by atoms with Crippen LogP contribution in [0.25, 0.3) is 0 Å². The molecule has 0 saturated carbocycles. The molecule has 0 radical (unpaired) electrons. The van der Waals surface area contributed by atoms with Crippen LogP contribution in [0, 0.1) is 0 Å². The number of nitrogens with zero attached hydrogens (tertiary/aromatic N) is 1. The average Bonchev–Trinajstić information content (AvgIpc) is 2.45. The molecule has 0 aliphatic heterocycles. The molecule has 0 bridgehead atoms. The lowest BCUT2D eigenvalue weighted by Crippen LogP contribution is -2.46. The summed E-state index contributed by atoms with van der Waals surface area (Å²) in [7, 11) is 2.87. The van der Waals surface area contributed by atoms with Crippen LogP contribution >= 0.6 is 0 Å². The van der Waals surface area contributed by atoms with Gasteiger partial charge in [0.05, 0.1) is 20.2 Å². The molecule has 20 heavy (non-hydrogen) atoms. The number of hydrogen-bond donors (Lipinski definition) is 2. The second-order valence-corrected chi connectivity index (χ2v) is 4.12. The fourth-order valence-corrected chi connectivity index (χ4v) is 1.41. The van der Waals surface area contributed by atoms with Crippen molar-refractivity contribution in [1.82, 2.24) is 15.8 Å². The number of carbonyl (C=O) groups excluding carboxylic acids is 3.